The SMILES string of the molecule is CCCCC1(C(=O)OCc2ccccc2)CC=CCC1. The van der Waals surface area contributed by atoms with Crippen LogP contribution in [0.4, 0.5) is 0 Å². The molecule has 0 aliphatic heterocycles. The number of carbonyl (C=O) groups excluding carboxylic acids is 1. The van der Waals surface area contributed by atoms with E-state index in [0.29, 0.717) is 6.61 Å². The van der Waals surface area contributed by atoms with Crippen molar-refractivity contribution in [2.24, 2.45) is 5.41 Å². The second kappa shape index (κ2) is 7.28. The van der Waals surface area contributed by atoms with E-state index >= 15 is 0 Å². The summed E-state index contributed by atoms with van der Waals surface area (Å²) in [6.45, 7) is 2.55. The maximum Gasteiger partial charge on any atom is 0.312 e. The lowest BCUT2D eigenvalue weighted by molar-refractivity contribution is -0.158. The number of carbonyl (C=O) groups is 1. The van der Waals surface area contributed by atoms with Crippen molar-refractivity contribution in [1.82, 2.24) is 0 Å². The van der Waals surface area contributed by atoms with E-state index in [2.05, 4.69) is 19.1 Å². The highest BCUT2D eigenvalue weighted by atomic mass is 16.5. The summed E-state index contributed by atoms with van der Waals surface area (Å²) < 4.78 is 5.60. The number of ether oxygens (including phenoxy) is 1. The van der Waals surface area contributed by atoms with Gasteiger partial charge in [-0.25, -0.2) is 0 Å². The van der Waals surface area contributed by atoms with Crippen LogP contribution in [0.2, 0.25) is 0 Å². The molecule has 1 atom stereocenters. The smallest absolute Gasteiger partial charge is 0.312 e. The highest BCUT2D eigenvalue weighted by molar-refractivity contribution is 5.77. The first-order valence-electron chi connectivity index (χ1n) is 7.63. The molecule has 2 rings (SSSR count). The normalized spacial score (nSPS) is 21.6. The Balaban J connectivity index is 1.98. The zero-order valence-corrected chi connectivity index (χ0v) is 12.3. The minimum Gasteiger partial charge on any atom is -0.460 e. The van der Waals surface area contributed by atoms with Crippen LogP contribution < -0.4 is 0 Å². The van der Waals surface area contributed by atoms with Crippen molar-refractivity contribution in [3.8, 4) is 0 Å². The summed E-state index contributed by atoms with van der Waals surface area (Å²) in [5, 5.41) is 0. The molecule has 2 heteroatoms. The molecular formula is C18H24O2. The van der Waals surface area contributed by atoms with Gasteiger partial charge in [-0.2, -0.15) is 0 Å². The second-order valence-electron chi connectivity index (χ2n) is 5.66. The quantitative estimate of drug-likeness (QED) is 0.556. The topological polar surface area (TPSA) is 26.3 Å². The van der Waals surface area contributed by atoms with Crippen molar-refractivity contribution in [3.05, 3.63) is 48.0 Å². The molecule has 0 amide bonds. The molecule has 108 valence electrons. The summed E-state index contributed by atoms with van der Waals surface area (Å²) in [6, 6.07) is 9.90. The van der Waals surface area contributed by atoms with Crippen molar-refractivity contribution in [2.45, 2.75) is 52.1 Å². The number of hydrogen-bond donors (Lipinski definition) is 0. The van der Waals surface area contributed by atoms with Crippen molar-refractivity contribution >= 4 is 5.97 Å². The van der Waals surface area contributed by atoms with Gasteiger partial charge in [-0.1, -0.05) is 62.2 Å². The fourth-order valence-corrected chi connectivity index (χ4v) is 2.79. The molecule has 0 bridgehead atoms. The van der Waals surface area contributed by atoms with E-state index in [9.17, 15) is 4.79 Å². The van der Waals surface area contributed by atoms with Crippen molar-refractivity contribution in [2.75, 3.05) is 0 Å². The Hall–Kier alpha value is -1.57. The summed E-state index contributed by atoms with van der Waals surface area (Å²) >= 11 is 0. The third kappa shape index (κ3) is 3.72. The van der Waals surface area contributed by atoms with Gasteiger partial charge in [-0.3, -0.25) is 4.79 Å². The monoisotopic (exact) mass is 272 g/mol. The number of benzene rings is 1. The number of unbranched alkanes of at least 4 members (excludes halogenated alkanes) is 1. The molecule has 1 aromatic rings. The van der Waals surface area contributed by atoms with Gasteiger partial charge in [0.25, 0.3) is 0 Å². The predicted molar refractivity (Wildman–Crippen MR) is 81.2 cm³/mol. The minimum atomic E-state index is -0.278. The predicted octanol–water partition coefficient (Wildman–Crippen LogP) is 4.65. The van der Waals surface area contributed by atoms with Gasteiger partial charge in [-0.15, -0.1) is 0 Å². The van der Waals surface area contributed by atoms with Gasteiger partial charge in [0, 0.05) is 0 Å². The van der Waals surface area contributed by atoms with Crippen LogP contribution in [-0.4, -0.2) is 5.97 Å². The fourth-order valence-electron chi connectivity index (χ4n) is 2.79. The highest BCUT2D eigenvalue weighted by Crippen LogP contribution is 2.39. The van der Waals surface area contributed by atoms with Gasteiger partial charge < -0.3 is 4.74 Å². The molecule has 20 heavy (non-hydrogen) atoms. The van der Waals surface area contributed by atoms with Crippen LogP contribution in [0, 0.1) is 5.41 Å². The molecule has 2 nitrogen and oxygen atoms in total. The molecule has 1 aliphatic carbocycles. The first kappa shape index (κ1) is 14.8. The van der Waals surface area contributed by atoms with E-state index < -0.39 is 0 Å². The van der Waals surface area contributed by atoms with E-state index in [1.165, 1.54) is 0 Å². The summed E-state index contributed by atoms with van der Waals surface area (Å²) in [4.78, 5) is 12.5. The first-order valence-corrected chi connectivity index (χ1v) is 7.63. The third-order valence-corrected chi connectivity index (χ3v) is 4.12. The lowest BCUT2D eigenvalue weighted by Crippen LogP contribution is -2.33. The Kier molecular flexibility index (Phi) is 5.40. The van der Waals surface area contributed by atoms with Gasteiger partial charge in [0.2, 0.25) is 0 Å². The van der Waals surface area contributed by atoms with E-state index in [0.717, 1.165) is 44.1 Å². The Labute approximate surface area is 121 Å². The number of esters is 1. The Morgan fingerprint density at radius 3 is 2.70 bits per heavy atom. The van der Waals surface area contributed by atoms with Crippen molar-refractivity contribution in [3.63, 3.8) is 0 Å². The molecule has 0 saturated carbocycles. The summed E-state index contributed by atoms with van der Waals surface area (Å²) in [7, 11) is 0. The zero-order chi connectivity index (χ0) is 14.3. The molecule has 1 unspecified atom stereocenters. The first-order chi connectivity index (χ1) is 9.77. The van der Waals surface area contributed by atoms with Crippen LogP contribution in [-0.2, 0) is 16.1 Å². The molecule has 0 heterocycles. The Morgan fingerprint density at radius 2 is 2.05 bits per heavy atom. The minimum absolute atomic E-state index is 0.0147. The van der Waals surface area contributed by atoms with Crippen molar-refractivity contribution in [1.29, 1.82) is 0 Å². The molecule has 0 saturated heterocycles. The van der Waals surface area contributed by atoms with Gasteiger partial charge in [0.1, 0.15) is 6.61 Å². The average molecular weight is 272 g/mol. The lowest BCUT2D eigenvalue weighted by Gasteiger charge is -2.32. The largest absolute Gasteiger partial charge is 0.460 e. The van der Waals surface area contributed by atoms with Crippen LogP contribution in [0.1, 0.15) is 51.0 Å². The molecule has 0 N–H and O–H groups in total. The molecule has 1 aliphatic rings. The van der Waals surface area contributed by atoms with Gasteiger partial charge in [0.15, 0.2) is 0 Å². The molecule has 1 aromatic carbocycles. The summed E-state index contributed by atoms with van der Waals surface area (Å²) in [6.07, 6.45) is 10.2. The van der Waals surface area contributed by atoms with Crippen LogP contribution in [0.25, 0.3) is 0 Å². The van der Waals surface area contributed by atoms with E-state index in [-0.39, 0.29) is 11.4 Å². The Morgan fingerprint density at radius 1 is 1.25 bits per heavy atom. The van der Waals surface area contributed by atoms with Gasteiger partial charge in [0.05, 0.1) is 5.41 Å². The molecule has 0 fully saturated rings. The third-order valence-electron chi connectivity index (χ3n) is 4.12. The van der Waals surface area contributed by atoms with Crippen LogP contribution in [0.5, 0.6) is 0 Å². The van der Waals surface area contributed by atoms with Gasteiger partial charge in [-0.05, 0) is 31.2 Å². The van der Waals surface area contributed by atoms with E-state index in [1.54, 1.807) is 0 Å². The Bertz CT molecular complexity index is 450. The molecule has 0 radical (unpaired) electrons. The fraction of sp³-hybridized carbons (Fsp3) is 0.500. The molecular weight excluding hydrogens is 248 g/mol. The van der Waals surface area contributed by atoms with Crippen LogP contribution >= 0.6 is 0 Å². The van der Waals surface area contributed by atoms with Crippen LogP contribution in [0.15, 0.2) is 42.5 Å². The maximum atomic E-state index is 12.5. The standard InChI is InChI=1S/C18H24O2/c1-2-3-12-18(13-8-5-9-14-18)17(19)20-15-16-10-6-4-7-11-16/h4-8,10-11H,2-3,9,12-15H2,1H3. The second-order valence-corrected chi connectivity index (χ2v) is 5.66. The average Bonchev–Trinajstić information content (AvgIpc) is 2.52. The molecule has 0 spiro atoms. The van der Waals surface area contributed by atoms with Gasteiger partial charge >= 0.3 is 5.97 Å². The van der Waals surface area contributed by atoms with Crippen LogP contribution in [0.3, 0.4) is 0 Å². The summed E-state index contributed by atoms with van der Waals surface area (Å²) in [5.74, 6) is -0.0147. The lowest BCUT2D eigenvalue weighted by atomic mass is 9.73. The maximum absolute atomic E-state index is 12.5. The zero-order valence-electron chi connectivity index (χ0n) is 12.3. The highest BCUT2D eigenvalue weighted by Gasteiger charge is 2.38. The molecule has 0 aromatic heterocycles. The van der Waals surface area contributed by atoms with E-state index in [4.69, 9.17) is 4.74 Å². The summed E-state index contributed by atoms with van der Waals surface area (Å²) in [5.41, 5.74) is 0.775. The van der Waals surface area contributed by atoms with Crippen molar-refractivity contribution < 1.29 is 9.53 Å². The number of rotatable bonds is 6. The number of allylic oxidation sites excluding steroid dienone is 2. The number of hydrogen-bond acceptors (Lipinski definition) is 2. The van der Waals surface area contributed by atoms with E-state index in [1.807, 2.05) is 30.3 Å².